The average molecular weight is 397 g/mol. The number of benzene rings is 1. The van der Waals surface area contributed by atoms with Gasteiger partial charge in [0.1, 0.15) is 5.76 Å². The minimum atomic E-state index is -3.55. The molecule has 10 heteroatoms. The van der Waals surface area contributed by atoms with E-state index in [4.69, 9.17) is 14.0 Å². The highest BCUT2D eigenvalue weighted by Gasteiger charge is 2.20. The summed E-state index contributed by atoms with van der Waals surface area (Å²) >= 11 is 0. The van der Waals surface area contributed by atoms with Crippen molar-refractivity contribution < 1.29 is 27.2 Å². The Morgan fingerprint density at radius 3 is 2.48 bits per heavy atom. The number of amides is 1. The molecule has 2 aromatic rings. The minimum Gasteiger partial charge on any atom is -0.493 e. The van der Waals surface area contributed by atoms with Crippen LogP contribution < -0.4 is 19.1 Å². The smallest absolute Gasteiger partial charge is 0.233 e. The first-order valence-electron chi connectivity index (χ1n) is 8.13. The third-order valence-corrected chi connectivity index (χ3v) is 4.89. The standard InChI is InChI=1S/C17H23N3O6S/c1-12-9-16(19-26-12)20(27(4,22)23)8-7-18-17(21)11-13-5-6-14(24-2)15(10-13)25-3/h5-6,9-10H,7-8,11H2,1-4H3,(H,18,21). The van der Waals surface area contributed by atoms with Gasteiger partial charge in [0.25, 0.3) is 0 Å². The van der Waals surface area contributed by atoms with Crippen LogP contribution in [0.15, 0.2) is 28.8 Å². The molecule has 0 spiro atoms. The Morgan fingerprint density at radius 1 is 1.22 bits per heavy atom. The van der Waals surface area contributed by atoms with E-state index in [0.29, 0.717) is 17.3 Å². The number of aromatic nitrogens is 1. The van der Waals surface area contributed by atoms with Crippen LogP contribution in [-0.2, 0) is 21.2 Å². The van der Waals surface area contributed by atoms with E-state index in [2.05, 4.69) is 10.5 Å². The van der Waals surface area contributed by atoms with Gasteiger partial charge in [-0.2, -0.15) is 0 Å². The summed E-state index contributed by atoms with van der Waals surface area (Å²) in [7, 11) is -0.492. The summed E-state index contributed by atoms with van der Waals surface area (Å²) in [6.45, 7) is 1.84. The average Bonchev–Trinajstić information content (AvgIpc) is 3.03. The predicted octanol–water partition coefficient (Wildman–Crippen LogP) is 1.13. The van der Waals surface area contributed by atoms with E-state index in [-0.39, 0.29) is 31.2 Å². The molecule has 0 radical (unpaired) electrons. The van der Waals surface area contributed by atoms with Crippen LogP contribution in [0.5, 0.6) is 11.5 Å². The predicted molar refractivity (Wildman–Crippen MR) is 99.7 cm³/mol. The second-order valence-electron chi connectivity index (χ2n) is 5.85. The molecule has 1 amide bonds. The number of ether oxygens (including phenoxy) is 2. The number of anilines is 1. The van der Waals surface area contributed by atoms with Crippen LogP contribution in [-0.4, -0.2) is 53.0 Å². The van der Waals surface area contributed by atoms with E-state index in [1.54, 1.807) is 25.1 Å². The molecule has 27 heavy (non-hydrogen) atoms. The third kappa shape index (κ3) is 5.61. The molecular formula is C17H23N3O6S. The molecule has 0 aliphatic heterocycles. The van der Waals surface area contributed by atoms with E-state index in [9.17, 15) is 13.2 Å². The van der Waals surface area contributed by atoms with Crippen molar-refractivity contribution >= 4 is 21.7 Å². The molecule has 1 aromatic heterocycles. The van der Waals surface area contributed by atoms with Crippen molar-refractivity contribution in [3.8, 4) is 11.5 Å². The molecule has 0 fully saturated rings. The topological polar surface area (TPSA) is 111 Å². The summed E-state index contributed by atoms with van der Waals surface area (Å²) in [5.41, 5.74) is 0.747. The van der Waals surface area contributed by atoms with E-state index < -0.39 is 10.0 Å². The first-order chi connectivity index (χ1) is 12.7. The summed E-state index contributed by atoms with van der Waals surface area (Å²) < 4.78 is 40.3. The van der Waals surface area contributed by atoms with Gasteiger partial charge in [-0.1, -0.05) is 11.2 Å². The summed E-state index contributed by atoms with van der Waals surface area (Å²) in [5, 5.41) is 6.42. The third-order valence-electron chi connectivity index (χ3n) is 3.72. The van der Waals surface area contributed by atoms with Gasteiger partial charge in [0.2, 0.25) is 15.9 Å². The molecule has 0 saturated carbocycles. The van der Waals surface area contributed by atoms with Gasteiger partial charge in [-0.15, -0.1) is 0 Å². The second kappa shape index (κ2) is 8.76. The number of nitrogens with one attached hydrogen (secondary N) is 1. The van der Waals surface area contributed by atoms with Crippen molar-refractivity contribution in [2.75, 3.05) is 37.9 Å². The van der Waals surface area contributed by atoms with Gasteiger partial charge < -0.3 is 19.3 Å². The molecule has 9 nitrogen and oxygen atoms in total. The fourth-order valence-corrected chi connectivity index (χ4v) is 3.31. The fourth-order valence-electron chi connectivity index (χ4n) is 2.46. The lowest BCUT2D eigenvalue weighted by molar-refractivity contribution is -0.120. The lowest BCUT2D eigenvalue weighted by Gasteiger charge is -2.19. The van der Waals surface area contributed by atoms with Gasteiger partial charge >= 0.3 is 0 Å². The molecule has 0 bridgehead atoms. The Bertz CT molecular complexity index is 894. The van der Waals surface area contributed by atoms with Crippen molar-refractivity contribution in [1.82, 2.24) is 10.5 Å². The molecule has 0 unspecified atom stereocenters. The van der Waals surface area contributed by atoms with Crippen LogP contribution in [0.3, 0.4) is 0 Å². The number of nitrogens with zero attached hydrogens (tertiary/aromatic N) is 2. The zero-order chi connectivity index (χ0) is 20.0. The maximum absolute atomic E-state index is 12.2. The minimum absolute atomic E-state index is 0.0441. The first-order valence-corrected chi connectivity index (χ1v) is 9.98. The SMILES string of the molecule is COc1ccc(CC(=O)NCCN(c2cc(C)on2)S(C)(=O)=O)cc1OC. The fraction of sp³-hybridized carbons (Fsp3) is 0.412. The molecule has 1 N–H and O–H groups in total. The van der Waals surface area contributed by atoms with Crippen LogP contribution in [0.2, 0.25) is 0 Å². The van der Waals surface area contributed by atoms with Gasteiger partial charge in [0.05, 0.1) is 33.4 Å². The Labute approximate surface area is 158 Å². The summed E-state index contributed by atoms with van der Waals surface area (Å²) in [4.78, 5) is 12.2. The zero-order valence-corrected chi connectivity index (χ0v) is 16.5. The van der Waals surface area contributed by atoms with E-state index >= 15 is 0 Å². The number of methoxy groups -OCH3 is 2. The van der Waals surface area contributed by atoms with Crippen LogP contribution in [0.25, 0.3) is 0 Å². The summed E-state index contributed by atoms with van der Waals surface area (Å²) in [5.74, 6) is 1.55. The Hall–Kier alpha value is -2.75. The van der Waals surface area contributed by atoms with Crippen LogP contribution in [0.1, 0.15) is 11.3 Å². The summed E-state index contributed by atoms with van der Waals surface area (Å²) in [6.07, 6.45) is 1.20. The number of aryl methyl sites for hydroxylation is 1. The largest absolute Gasteiger partial charge is 0.493 e. The van der Waals surface area contributed by atoms with Gasteiger partial charge in [0, 0.05) is 12.6 Å². The molecule has 0 saturated heterocycles. The molecular weight excluding hydrogens is 374 g/mol. The maximum atomic E-state index is 12.2. The van der Waals surface area contributed by atoms with Crippen molar-refractivity contribution in [2.45, 2.75) is 13.3 Å². The van der Waals surface area contributed by atoms with Crippen molar-refractivity contribution in [2.24, 2.45) is 0 Å². The molecule has 0 atom stereocenters. The van der Waals surface area contributed by atoms with E-state index in [0.717, 1.165) is 16.1 Å². The van der Waals surface area contributed by atoms with Crippen molar-refractivity contribution in [3.63, 3.8) is 0 Å². The van der Waals surface area contributed by atoms with Crippen LogP contribution >= 0.6 is 0 Å². The second-order valence-corrected chi connectivity index (χ2v) is 7.75. The highest BCUT2D eigenvalue weighted by Crippen LogP contribution is 2.27. The van der Waals surface area contributed by atoms with Crippen LogP contribution in [0, 0.1) is 6.92 Å². The number of hydrogen-bond acceptors (Lipinski definition) is 7. The molecule has 148 valence electrons. The Balaban J connectivity index is 1.94. The monoisotopic (exact) mass is 397 g/mol. The molecule has 0 aliphatic carbocycles. The highest BCUT2D eigenvalue weighted by molar-refractivity contribution is 7.92. The Morgan fingerprint density at radius 2 is 1.93 bits per heavy atom. The zero-order valence-electron chi connectivity index (χ0n) is 15.7. The molecule has 1 heterocycles. The van der Waals surface area contributed by atoms with Gasteiger partial charge in [-0.25, -0.2) is 12.7 Å². The van der Waals surface area contributed by atoms with Crippen LogP contribution in [0.4, 0.5) is 5.82 Å². The number of rotatable bonds is 9. The highest BCUT2D eigenvalue weighted by atomic mass is 32.2. The van der Waals surface area contributed by atoms with E-state index in [1.807, 2.05) is 0 Å². The van der Waals surface area contributed by atoms with Gasteiger partial charge in [-0.3, -0.25) is 4.79 Å². The van der Waals surface area contributed by atoms with Gasteiger partial charge in [-0.05, 0) is 24.6 Å². The Kier molecular flexibility index (Phi) is 6.67. The summed E-state index contributed by atoms with van der Waals surface area (Å²) in [6, 6.07) is 6.73. The normalized spacial score (nSPS) is 11.1. The van der Waals surface area contributed by atoms with Crippen molar-refractivity contribution in [3.05, 3.63) is 35.6 Å². The number of sulfonamides is 1. The molecule has 2 rings (SSSR count). The number of hydrogen-bond donors (Lipinski definition) is 1. The molecule has 1 aromatic carbocycles. The lowest BCUT2D eigenvalue weighted by Crippen LogP contribution is -2.38. The lowest BCUT2D eigenvalue weighted by atomic mass is 10.1. The number of carbonyl (C=O) groups excluding carboxylic acids is 1. The van der Waals surface area contributed by atoms with Gasteiger partial charge in [0.15, 0.2) is 17.3 Å². The quantitative estimate of drug-likeness (QED) is 0.675. The first kappa shape index (κ1) is 20.6. The maximum Gasteiger partial charge on any atom is 0.233 e. The van der Waals surface area contributed by atoms with Crippen molar-refractivity contribution in [1.29, 1.82) is 0 Å². The van der Waals surface area contributed by atoms with E-state index in [1.165, 1.54) is 20.3 Å². The number of carbonyl (C=O) groups is 1. The molecule has 0 aliphatic rings.